The first-order valence-electron chi connectivity index (χ1n) is 12.3. The number of Topliss-reactive ketones (excluding diaryl/α,β-unsaturated/α-hetero) is 1. The Balaban J connectivity index is 1.97. The number of nitrogens with one attached hydrogen (secondary N) is 2. The number of aromatic nitrogens is 4. The quantitative estimate of drug-likeness (QED) is 0.210. The minimum atomic E-state index is -0.543. The lowest BCUT2D eigenvalue weighted by molar-refractivity contribution is -0.136. The lowest BCUT2D eigenvalue weighted by Gasteiger charge is -2.30. The van der Waals surface area contributed by atoms with Gasteiger partial charge in [0.1, 0.15) is 18.2 Å². The van der Waals surface area contributed by atoms with E-state index in [2.05, 4.69) is 20.9 Å². The van der Waals surface area contributed by atoms with Crippen molar-refractivity contribution in [2.75, 3.05) is 24.3 Å². The first-order chi connectivity index (χ1) is 17.7. The number of aliphatic hydroxyl groups excluding tert-OH is 1. The second-order valence-corrected chi connectivity index (χ2v) is 8.75. The lowest BCUT2D eigenvalue weighted by atomic mass is 10.0. The van der Waals surface area contributed by atoms with Gasteiger partial charge in [-0.25, -0.2) is 9.97 Å². The molecule has 1 atom stereocenters. The number of pyridine rings is 1. The SMILES string of the molecule is CCCN(C(=O)CO)[C@H](CC)CCc1nc2c(-c3ccc(NNC(C)=O)nc3)cnn2c(N)c1C(C)=O. The van der Waals surface area contributed by atoms with Gasteiger partial charge in [-0.3, -0.25) is 25.2 Å². The van der Waals surface area contributed by atoms with Crippen LogP contribution in [0.25, 0.3) is 16.8 Å². The van der Waals surface area contributed by atoms with Crippen LogP contribution >= 0.6 is 0 Å². The van der Waals surface area contributed by atoms with Crippen molar-refractivity contribution in [1.29, 1.82) is 0 Å². The van der Waals surface area contributed by atoms with E-state index in [1.54, 1.807) is 29.4 Å². The Morgan fingerprint density at radius 1 is 1.19 bits per heavy atom. The molecule has 0 aliphatic carbocycles. The molecule has 3 aromatic rings. The van der Waals surface area contributed by atoms with Crippen molar-refractivity contribution in [3.05, 3.63) is 35.8 Å². The third-order valence-corrected chi connectivity index (χ3v) is 6.10. The number of aliphatic hydroxyl groups is 1. The summed E-state index contributed by atoms with van der Waals surface area (Å²) in [4.78, 5) is 46.8. The molecule has 0 aromatic carbocycles. The fraction of sp³-hybridized carbons (Fsp3) is 0.440. The van der Waals surface area contributed by atoms with Crippen LogP contribution in [0, 0.1) is 0 Å². The molecular weight excluding hydrogens is 476 g/mol. The molecule has 3 rings (SSSR count). The van der Waals surface area contributed by atoms with Crippen LogP contribution in [0.1, 0.15) is 63.0 Å². The number of amides is 2. The van der Waals surface area contributed by atoms with Crippen molar-refractivity contribution in [3.8, 4) is 11.1 Å². The summed E-state index contributed by atoms with van der Waals surface area (Å²) in [5.41, 5.74) is 14.3. The highest BCUT2D eigenvalue weighted by Crippen LogP contribution is 2.28. The van der Waals surface area contributed by atoms with Crippen molar-refractivity contribution >= 4 is 34.9 Å². The molecule has 37 heavy (non-hydrogen) atoms. The summed E-state index contributed by atoms with van der Waals surface area (Å²) in [6, 6.07) is 3.40. The lowest BCUT2D eigenvalue weighted by Crippen LogP contribution is -2.42. The Morgan fingerprint density at radius 2 is 1.95 bits per heavy atom. The van der Waals surface area contributed by atoms with E-state index in [1.807, 2.05) is 13.8 Å². The predicted molar refractivity (Wildman–Crippen MR) is 140 cm³/mol. The average Bonchev–Trinajstić information content (AvgIpc) is 3.31. The summed E-state index contributed by atoms with van der Waals surface area (Å²) in [6.45, 7) is 6.79. The number of nitrogen functional groups attached to an aromatic ring is 1. The van der Waals surface area contributed by atoms with E-state index in [9.17, 15) is 19.5 Å². The summed E-state index contributed by atoms with van der Waals surface area (Å²) in [5.74, 6) is -0.127. The highest BCUT2D eigenvalue weighted by atomic mass is 16.3. The second-order valence-electron chi connectivity index (χ2n) is 8.75. The second kappa shape index (κ2) is 12.3. The van der Waals surface area contributed by atoms with Crippen LogP contribution in [0.4, 0.5) is 11.6 Å². The van der Waals surface area contributed by atoms with Crippen molar-refractivity contribution < 1.29 is 19.5 Å². The van der Waals surface area contributed by atoms with Crippen LogP contribution in [-0.4, -0.2) is 66.4 Å². The summed E-state index contributed by atoms with van der Waals surface area (Å²) in [7, 11) is 0. The number of nitrogens with zero attached hydrogens (tertiary/aromatic N) is 5. The zero-order chi connectivity index (χ0) is 27.1. The minimum Gasteiger partial charge on any atom is -0.387 e. The molecule has 0 aliphatic rings. The Morgan fingerprint density at radius 3 is 2.51 bits per heavy atom. The van der Waals surface area contributed by atoms with Gasteiger partial charge in [-0.05, 0) is 44.7 Å². The standard InChI is InChI=1S/C25H34N8O4/c1-5-11-32(22(37)14-34)18(6-2)8-9-20-23(15(3)35)24(26)33-25(29-20)19(13-28-33)17-7-10-21(27-12-17)31-30-16(4)36/h7,10,12-13,18,34H,5-6,8-9,11,14,26H2,1-4H3,(H,27,31)(H,30,36)/t18-/m1/s1. The first kappa shape index (κ1) is 27.5. The number of anilines is 2. The Hall–Kier alpha value is -4.06. The molecule has 0 unspecified atom stereocenters. The molecule has 2 amide bonds. The number of hydrazine groups is 1. The minimum absolute atomic E-state index is 0.115. The molecule has 3 heterocycles. The van der Waals surface area contributed by atoms with Crippen molar-refractivity contribution in [3.63, 3.8) is 0 Å². The maximum absolute atomic E-state index is 12.6. The van der Waals surface area contributed by atoms with Gasteiger partial charge in [0.2, 0.25) is 11.8 Å². The summed E-state index contributed by atoms with van der Waals surface area (Å²) in [5, 5.41) is 13.8. The maximum Gasteiger partial charge on any atom is 0.248 e. The van der Waals surface area contributed by atoms with E-state index in [0.29, 0.717) is 54.1 Å². The zero-order valence-corrected chi connectivity index (χ0v) is 21.6. The van der Waals surface area contributed by atoms with Gasteiger partial charge in [-0.15, -0.1) is 0 Å². The van der Waals surface area contributed by atoms with Gasteiger partial charge in [0, 0.05) is 36.8 Å². The van der Waals surface area contributed by atoms with Crippen LogP contribution in [-0.2, 0) is 16.0 Å². The number of nitrogens with two attached hydrogens (primary N) is 1. The summed E-state index contributed by atoms with van der Waals surface area (Å²) in [6.07, 6.45) is 5.66. The first-order valence-corrected chi connectivity index (χ1v) is 12.3. The molecular formula is C25H34N8O4. The molecule has 0 spiro atoms. The van der Waals surface area contributed by atoms with Crippen LogP contribution in [0.3, 0.4) is 0 Å². The fourth-order valence-electron chi connectivity index (χ4n) is 4.34. The highest BCUT2D eigenvalue weighted by Gasteiger charge is 2.24. The number of rotatable bonds is 12. The topological polar surface area (TPSA) is 168 Å². The number of aryl methyl sites for hydroxylation is 1. The van der Waals surface area contributed by atoms with Crippen molar-refractivity contribution in [2.24, 2.45) is 0 Å². The Labute approximate surface area is 215 Å². The van der Waals surface area contributed by atoms with Gasteiger partial charge in [0.05, 0.1) is 17.5 Å². The smallest absolute Gasteiger partial charge is 0.248 e. The zero-order valence-electron chi connectivity index (χ0n) is 21.6. The largest absolute Gasteiger partial charge is 0.387 e. The average molecular weight is 511 g/mol. The normalized spacial score (nSPS) is 11.8. The molecule has 12 nitrogen and oxygen atoms in total. The molecule has 0 saturated heterocycles. The van der Waals surface area contributed by atoms with Gasteiger partial charge in [0.15, 0.2) is 11.4 Å². The van der Waals surface area contributed by atoms with E-state index < -0.39 is 6.61 Å². The Kier molecular flexibility index (Phi) is 9.12. The summed E-state index contributed by atoms with van der Waals surface area (Å²) >= 11 is 0. The van der Waals surface area contributed by atoms with Crippen LogP contribution < -0.4 is 16.6 Å². The van der Waals surface area contributed by atoms with Gasteiger partial charge >= 0.3 is 0 Å². The number of hydrogen-bond donors (Lipinski definition) is 4. The molecule has 12 heteroatoms. The van der Waals surface area contributed by atoms with Gasteiger partial charge < -0.3 is 15.7 Å². The third-order valence-electron chi connectivity index (χ3n) is 6.10. The predicted octanol–water partition coefficient (Wildman–Crippen LogP) is 1.98. The number of carbonyl (C=O) groups excluding carboxylic acids is 3. The van der Waals surface area contributed by atoms with Gasteiger partial charge in [-0.2, -0.15) is 9.61 Å². The molecule has 0 radical (unpaired) electrons. The monoisotopic (exact) mass is 510 g/mol. The maximum atomic E-state index is 12.6. The molecule has 0 bridgehead atoms. The van der Waals surface area contributed by atoms with Gasteiger partial charge in [0.25, 0.3) is 0 Å². The van der Waals surface area contributed by atoms with Crippen molar-refractivity contribution in [2.45, 2.75) is 59.4 Å². The van der Waals surface area contributed by atoms with E-state index in [-0.39, 0.29) is 29.5 Å². The van der Waals surface area contributed by atoms with E-state index in [4.69, 9.17) is 10.7 Å². The fourth-order valence-corrected chi connectivity index (χ4v) is 4.34. The molecule has 0 fully saturated rings. The number of carbonyl (C=O) groups is 3. The van der Waals surface area contributed by atoms with E-state index in [0.717, 1.165) is 12.0 Å². The van der Waals surface area contributed by atoms with Crippen LogP contribution in [0.2, 0.25) is 0 Å². The van der Waals surface area contributed by atoms with Crippen molar-refractivity contribution in [1.82, 2.24) is 29.9 Å². The summed E-state index contributed by atoms with van der Waals surface area (Å²) < 4.78 is 1.44. The van der Waals surface area contributed by atoms with E-state index in [1.165, 1.54) is 18.4 Å². The molecule has 198 valence electrons. The number of ketones is 1. The Bertz CT molecular complexity index is 1270. The van der Waals surface area contributed by atoms with Crippen LogP contribution in [0.15, 0.2) is 24.5 Å². The van der Waals surface area contributed by atoms with Gasteiger partial charge in [-0.1, -0.05) is 13.8 Å². The number of hydrogen-bond acceptors (Lipinski definition) is 9. The molecule has 5 N–H and O–H groups in total. The van der Waals surface area contributed by atoms with Crippen LogP contribution in [0.5, 0.6) is 0 Å². The molecule has 0 aliphatic heterocycles. The highest BCUT2D eigenvalue weighted by molar-refractivity contribution is 6.00. The molecule has 3 aromatic heterocycles. The third kappa shape index (κ3) is 6.20. The molecule has 0 saturated carbocycles. The number of fused-ring (bicyclic) bond motifs is 1. The van der Waals surface area contributed by atoms with E-state index >= 15 is 0 Å².